The van der Waals surface area contributed by atoms with Gasteiger partial charge in [-0.2, -0.15) is 0 Å². The number of rotatable bonds is 1. The molecule has 0 saturated heterocycles. The van der Waals surface area contributed by atoms with E-state index in [0.717, 1.165) is 38.0 Å². The zero-order valence-electron chi connectivity index (χ0n) is 13.0. The Kier molecular flexibility index (Phi) is 2.97. The van der Waals surface area contributed by atoms with Crippen LogP contribution < -0.4 is 0 Å². The van der Waals surface area contributed by atoms with Crippen molar-refractivity contribution in [2.45, 2.75) is 0 Å². The largest absolute Gasteiger partial charge is 0.287 e. The summed E-state index contributed by atoms with van der Waals surface area (Å²) in [5.41, 5.74) is 5.49. The minimum atomic E-state index is 0.588. The number of nitrogens with zero attached hydrogens (tertiary/aromatic N) is 4. The summed E-state index contributed by atoms with van der Waals surface area (Å²) in [5, 5.41) is 0. The van der Waals surface area contributed by atoms with Crippen molar-refractivity contribution < 1.29 is 0 Å². The standard InChI is InChI=1S/C20H11BrN4/c1-22-15-9-6-7-13(21)19(15)25-18-12-5-4-11-17(18)24-16-10-3-2-8-14(16)23-20(24)25/h2-12H. The van der Waals surface area contributed by atoms with Gasteiger partial charge in [0.05, 0.1) is 34.3 Å². The van der Waals surface area contributed by atoms with Crippen LogP contribution in [0, 0.1) is 6.57 Å². The normalized spacial score (nSPS) is 11.4. The summed E-state index contributed by atoms with van der Waals surface area (Å²) < 4.78 is 5.08. The number of hydrogen-bond acceptors (Lipinski definition) is 1. The third-order valence-corrected chi connectivity index (χ3v) is 5.06. The fraction of sp³-hybridized carbons (Fsp3) is 0. The topological polar surface area (TPSA) is 26.6 Å². The zero-order chi connectivity index (χ0) is 17.0. The van der Waals surface area contributed by atoms with Crippen LogP contribution in [0.25, 0.3) is 38.4 Å². The van der Waals surface area contributed by atoms with Crippen molar-refractivity contribution in [1.82, 2.24) is 14.0 Å². The van der Waals surface area contributed by atoms with Gasteiger partial charge in [0.2, 0.25) is 11.5 Å². The summed E-state index contributed by atoms with van der Waals surface area (Å²) in [6.45, 7) is 7.57. The number of para-hydroxylation sites is 5. The molecule has 0 saturated carbocycles. The van der Waals surface area contributed by atoms with Gasteiger partial charge in [0.1, 0.15) is 0 Å². The van der Waals surface area contributed by atoms with Crippen molar-refractivity contribution in [3.63, 3.8) is 0 Å². The second kappa shape index (κ2) is 5.20. The Morgan fingerprint density at radius 3 is 2.36 bits per heavy atom. The molecule has 0 radical (unpaired) electrons. The van der Waals surface area contributed by atoms with Gasteiger partial charge in [-0.15, -0.1) is 0 Å². The monoisotopic (exact) mass is 386 g/mol. The van der Waals surface area contributed by atoms with Crippen LogP contribution >= 0.6 is 15.9 Å². The predicted molar refractivity (Wildman–Crippen MR) is 103 cm³/mol. The van der Waals surface area contributed by atoms with Crippen LogP contribution in [0.1, 0.15) is 0 Å². The first-order valence-corrected chi connectivity index (χ1v) is 8.62. The molecule has 3 aromatic carbocycles. The summed E-state index contributed by atoms with van der Waals surface area (Å²) in [6.07, 6.45) is 0. The number of fused-ring (bicyclic) bond motifs is 5. The average Bonchev–Trinajstić information content (AvgIpc) is 3.16. The van der Waals surface area contributed by atoms with Crippen molar-refractivity contribution in [2.24, 2.45) is 0 Å². The van der Waals surface area contributed by atoms with Gasteiger partial charge in [0.15, 0.2) is 0 Å². The number of benzene rings is 3. The summed E-state index contributed by atoms with van der Waals surface area (Å²) >= 11 is 3.62. The maximum Gasteiger partial charge on any atom is 0.219 e. The van der Waals surface area contributed by atoms with E-state index in [1.807, 2.05) is 48.5 Å². The molecular formula is C20H11BrN4. The molecule has 0 spiro atoms. The zero-order valence-corrected chi connectivity index (χ0v) is 14.6. The third-order valence-electron chi connectivity index (χ3n) is 4.42. The highest BCUT2D eigenvalue weighted by atomic mass is 79.9. The summed E-state index contributed by atoms with van der Waals surface area (Å²) in [6, 6.07) is 21.9. The molecule has 0 fully saturated rings. The predicted octanol–water partition coefficient (Wildman–Crippen LogP) is 5.74. The van der Waals surface area contributed by atoms with Crippen LogP contribution in [-0.4, -0.2) is 14.0 Å². The molecule has 0 aliphatic heterocycles. The highest BCUT2D eigenvalue weighted by Crippen LogP contribution is 2.37. The lowest BCUT2D eigenvalue weighted by Gasteiger charge is -2.10. The quantitative estimate of drug-likeness (QED) is 0.337. The number of halogens is 1. The van der Waals surface area contributed by atoms with E-state index >= 15 is 0 Å². The van der Waals surface area contributed by atoms with E-state index in [2.05, 4.69) is 47.9 Å². The number of imidazole rings is 2. The average molecular weight is 387 g/mol. The molecule has 0 atom stereocenters. The van der Waals surface area contributed by atoms with E-state index < -0.39 is 0 Å². The molecule has 2 aromatic heterocycles. The maximum atomic E-state index is 7.57. The third kappa shape index (κ3) is 1.89. The molecule has 5 rings (SSSR count). The van der Waals surface area contributed by atoms with Crippen molar-refractivity contribution in [1.29, 1.82) is 0 Å². The molecule has 118 valence electrons. The smallest absolute Gasteiger partial charge is 0.219 e. The molecule has 0 amide bonds. The van der Waals surface area contributed by atoms with Crippen LogP contribution in [0.3, 0.4) is 0 Å². The van der Waals surface area contributed by atoms with Gasteiger partial charge in [-0.25, -0.2) is 9.83 Å². The molecule has 25 heavy (non-hydrogen) atoms. The lowest BCUT2D eigenvalue weighted by atomic mass is 10.2. The van der Waals surface area contributed by atoms with Crippen LogP contribution in [0.4, 0.5) is 5.69 Å². The van der Waals surface area contributed by atoms with Crippen LogP contribution in [0.2, 0.25) is 0 Å². The van der Waals surface area contributed by atoms with Gasteiger partial charge >= 0.3 is 0 Å². The van der Waals surface area contributed by atoms with Crippen molar-refractivity contribution >= 4 is 49.5 Å². The molecule has 0 unspecified atom stereocenters. The Bertz CT molecular complexity index is 1320. The molecule has 4 nitrogen and oxygen atoms in total. The molecular weight excluding hydrogens is 376 g/mol. The van der Waals surface area contributed by atoms with E-state index in [0.29, 0.717) is 5.69 Å². The van der Waals surface area contributed by atoms with Gasteiger partial charge in [-0.3, -0.25) is 8.97 Å². The Balaban J connectivity index is 2.08. The van der Waals surface area contributed by atoms with E-state index in [9.17, 15) is 0 Å². The molecule has 5 heteroatoms. The lowest BCUT2D eigenvalue weighted by molar-refractivity contribution is 1.11. The van der Waals surface area contributed by atoms with E-state index in [1.165, 1.54) is 0 Å². The fourth-order valence-electron chi connectivity index (χ4n) is 3.39. The van der Waals surface area contributed by atoms with Crippen molar-refractivity contribution in [2.75, 3.05) is 0 Å². The first-order chi connectivity index (χ1) is 12.3. The highest BCUT2D eigenvalue weighted by Gasteiger charge is 2.19. The van der Waals surface area contributed by atoms with Crippen molar-refractivity contribution in [3.8, 4) is 5.69 Å². The first-order valence-electron chi connectivity index (χ1n) is 7.82. The molecule has 0 bridgehead atoms. The van der Waals surface area contributed by atoms with E-state index in [4.69, 9.17) is 11.6 Å². The summed E-state index contributed by atoms with van der Waals surface area (Å²) in [4.78, 5) is 8.56. The SMILES string of the molecule is [C-]#[N+]c1cccc(Br)c1-n1c2ccccc2n2c3ccccc3nc12. The van der Waals surface area contributed by atoms with Crippen molar-refractivity contribution in [3.05, 3.63) is 82.6 Å². The minimum absolute atomic E-state index is 0.588. The number of hydrogen-bond donors (Lipinski definition) is 0. The van der Waals surface area contributed by atoms with Gasteiger partial charge in [-0.1, -0.05) is 36.4 Å². The number of aromatic nitrogens is 3. The van der Waals surface area contributed by atoms with Gasteiger partial charge in [-0.05, 0) is 46.3 Å². The second-order valence-electron chi connectivity index (χ2n) is 5.78. The Morgan fingerprint density at radius 2 is 1.56 bits per heavy atom. The molecule has 2 heterocycles. The van der Waals surface area contributed by atoms with E-state index in [-0.39, 0.29) is 0 Å². The first kappa shape index (κ1) is 14.3. The highest BCUT2D eigenvalue weighted by molar-refractivity contribution is 9.10. The summed E-state index contributed by atoms with van der Waals surface area (Å²) in [7, 11) is 0. The van der Waals surface area contributed by atoms with E-state index in [1.54, 1.807) is 0 Å². The van der Waals surface area contributed by atoms with Crippen LogP contribution in [0.5, 0.6) is 0 Å². The molecule has 5 aromatic rings. The Labute approximate surface area is 151 Å². The maximum absolute atomic E-state index is 7.57. The van der Waals surface area contributed by atoms with Gasteiger partial charge in [0, 0.05) is 4.47 Å². The lowest BCUT2D eigenvalue weighted by Crippen LogP contribution is -1.96. The summed E-state index contributed by atoms with van der Waals surface area (Å²) in [5.74, 6) is 0.805. The van der Waals surface area contributed by atoms with Crippen LogP contribution in [0.15, 0.2) is 71.2 Å². The minimum Gasteiger partial charge on any atom is -0.287 e. The molecule has 0 aliphatic carbocycles. The van der Waals surface area contributed by atoms with Crippen LogP contribution in [-0.2, 0) is 0 Å². The Hall–Kier alpha value is -3.10. The fourth-order valence-corrected chi connectivity index (χ4v) is 3.92. The second-order valence-corrected chi connectivity index (χ2v) is 6.63. The Morgan fingerprint density at radius 1 is 0.840 bits per heavy atom. The van der Waals surface area contributed by atoms with Gasteiger partial charge in [0.25, 0.3) is 0 Å². The molecule has 0 aliphatic rings. The van der Waals surface area contributed by atoms with Gasteiger partial charge < -0.3 is 0 Å². The molecule has 0 N–H and O–H groups in total.